The van der Waals surface area contributed by atoms with Gasteiger partial charge in [-0.3, -0.25) is 4.57 Å². The lowest BCUT2D eigenvalue weighted by atomic mass is 10.2. The Balaban J connectivity index is 2.42. The van der Waals surface area contributed by atoms with Crippen molar-refractivity contribution in [2.75, 3.05) is 7.11 Å². The van der Waals surface area contributed by atoms with Crippen LogP contribution < -0.4 is 10.4 Å². The van der Waals surface area contributed by atoms with Crippen LogP contribution in [0.3, 0.4) is 0 Å². The number of rotatable bonds is 4. The number of nitriles is 1. The number of methoxy groups -OCH3 is 1. The maximum Gasteiger partial charge on any atom is 0.343 e. The zero-order valence-electron chi connectivity index (χ0n) is 10.5. The van der Waals surface area contributed by atoms with Crippen LogP contribution in [0.2, 0.25) is 0 Å². The summed E-state index contributed by atoms with van der Waals surface area (Å²) in [6, 6.07) is 7.27. The van der Waals surface area contributed by atoms with E-state index in [2.05, 4.69) is 16.3 Å². The monoisotopic (exact) mass is 276 g/mol. The van der Waals surface area contributed by atoms with E-state index in [1.54, 1.807) is 25.3 Å². The van der Waals surface area contributed by atoms with Gasteiger partial charge in [0.15, 0.2) is 5.16 Å². The van der Waals surface area contributed by atoms with E-state index in [0.717, 1.165) is 0 Å². The van der Waals surface area contributed by atoms with Crippen molar-refractivity contribution in [3.05, 3.63) is 34.2 Å². The second-order valence-corrected chi connectivity index (χ2v) is 4.64. The number of nitrogens with zero attached hydrogens (tertiary/aromatic N) is 3. The number of benzene rings is 1. The minimum absolute atomic E-state index is 0.258. The van der Waals surface area contributed by atoms with Crippen LogP contribution >= 0.6 is 11.8 Å². The fraction of sp³-hybridized carbons (Fsp3) is 0.250. The Bertz CT molecular complexity index is 684. The van der Waals surface area contributed by atoms with Crippen molar-refractivity contribution in [2.45, 2.75) is 23.5 Å². The summed E-state index contributed by atoms with van der Waals surface area (Å²) in [5.41, 5.74) is 0.260. The lowest BCUT2D eigenvalue weighted by Gasteiger charge is -2.06. The summed E-state index contributed by atoms with van der Waals surface area (Å²) in [6.45, 7) is 2.38. The Morgan fingerprint density at radius 1 is 1.58 bits per heavy atom. The molecule has 0 unspecified atom stereocenters. The molecule has 0 saturated carbocycles. The number of aromatic amines is 1. The molecule has 1 aromatic carbocycles. The largest absolute Gasteiger partial charge is 0.497 e. The van der Waals surface area contributed by atoms with Gasteiger partial charge in [0, 0.05) is 11.4 Å². The lowest BCUT2D eigenvalue weighted by Crippen LogP contribution is -2.16. The molecule has 0 aliphatic carbocycles. The number of ether oxygens (including phenoxy) is 1. The third-order valence-corrected chi connectivity index (χ3v) is 3.60. The number of hydrogen-bond acceptors (Lipinski definition) is 5. The van der Waals surface area contributed by atoms with Gasteiger partial charge in [0.05, 0.1) is 12.7 Å². The van der Waals surface area contributed by atoms with E-state index in [4.69, 9.17) is 10.00 Å². The fourth-order valence-electron chi connectivity index (χ4n) is 1.56. The summed E-state index contributed by atoms with van der Waals surface area (Å²) < 4.78 is 6.64. The fourth-order valence-corrected chi connectivity index (χ4v) is 2.57. The topological polar surface area (TPSA) is 83.7 Å². The maximum absolute atomic E-state index is 11.5. The van der Waals surface area contributed by atoms with E-state index in [0.29, 0.717) is 27.9 Å². The Kier molecular flexibility index (Phi) is 3.92. The van der Waals surface area contributed by atoms with Crippen LogP contribution in [0.15, 0.2) is 33.0 Å². The van der Waals surface area contributed by atoms with Gasteiger partial charge in [0.25, 0.3) is 0 Å². The molecule has 7 heteroatoms. The zero-order valence-corrected chi connectivity index (χ0v) is 11.3. The standard InChI is InChI=1S/C12H12N4O2S/c1-3-16-11(17)14-15-12(16)19-10-6-9(18-2)5-4-8(10)7-13/h4-6H,3H2,1-2H3,(H,14,17). The molecular formula is C12H12N4O2S. The Hall–Kier alpha value is -2.20. The Morgan fingerprint density at radius 3 is 3.00 bits per heavy atom. The first kappa shape index (κ1) is 13.2. The third kappa shape index (κ3) is 2.63. The molecule has 2 aromatic rings. The van der Waals surface area contributed by atoms with Crippen LogP contribution in [0.5, 0.6) is 5.75 Å². The number of H-pyrrole nitrogens is 1. The van der Waals surface area contributed by atoms with Crippen LogP contribution in [-0.4, -0.2) is 21.9 Å². The van der Waals surface area contributed by atoms with E-state index in [1.807, 2.05) is 6.92 Å². The Labute approximate surface area is 114 Å². The molecular weight excluding hydrogens is 264 g/mol. The van der Waals surface area contributed by atoms with E-state index >= 15 is 0 Å². The van der Waals surface area contributed by atoms with Gasteiger partial charge in [0.2, 0.25) is 0 Å². The van der Waals surface area contributed by atoms with Crippen LogP contribution in [0.25, 0.3) is 0 Å². The van der Waals surface area contributed by atoms with Crippen molar-refractivity contribution in [3.8, 4) is 11.8 Å². The summed E-state index contributed by atoms with van der Waals surface area (Å²) >= 11 is 1.26. The molecule has 0 fully saturated rings. The first-order chi connectivity index (χ1) is 9.19. The molecule has 1 aromatic heterocycles. The van der Waals surface area contributed by atoms with Gasteiger partial charge in [-0.25, -0.2) is 9.89 Å². The van der Waals surface area contributed by atoms with Gasteiger partial charge in [-0.15, -0.1) is 5.10 Å². The molecule has 1 N–H and O–H groups in total. The van der Waals surface area contributed by atoms with Crippen LogP contribution in [-0.2, 0) is 6.54 Å². The predicted molar refractivity (Wildman–Crippen MR) is 70.4 cm³/mol. The van der Waals surface area contributed by atoms with Crippen molar-refractivity contribution in [2.24, 2.45) is 0 Å². The number of nitrogens with one attached hydrogen (secondary N) is 1. The van der Waals surface area contributed by atoms with Gasteiger partial charge in [0.1, 0.15) is 11.8 Å². The summed E-state index contributed by atoms with van der Waals surface area (Å²) in [5, 5.41) is 16.0. The molecule has 0 saturated heterocycles. The van der Waals surface area contributed by atoms with E-state index in [9.17, 15) is 4.79 Å². The molecule has 6 nitrogen and oxygen atoms in total. The molecule has 0 spiro atoms. The highest BCUT2D eigenvalue weighted by Gasteiger charge is 2.12. The quantitative estimate of drug-likeness (QED) is 0.917. The maximum atomic E-state index is 11.5. The van der Waals surface area contributed by atoms with Gasteiger partial charge < -0.3 is 4.74 Å². The van der Waals surface area contributed by atoms with Crippen LogP contribution in [0, 0.1) is 11.3 Å². The molecule has 0 atom stereocenters. The molecule has 98 valence electrons. The van der Waals surface area contributed by atoms with Gasteiger partial charge in [-0.2, -0.15) is 5.26 Å². The number of hydrogen-bond donors (Lipinski definition) is 1. The van der Waals surface area contributed by atoms with E-state index < -0.39 is 0 Å². The normalized spacial score (nSPS) is 10.2. The highest BCUT2D eigenvalue weighted by molar-refractivity contribution is 7.99. The summed E-state index contributed by atoms with van der Waals surface area (Å²) in [7, 11) is 1.56. The summed E-state index contributed by atoms with van der Waals surface area (Å²) in [6.07, 6.45) is 0. The molecule has 1 heterocycles. The van der Waals surface area contributed by atoms with Crippen molar-refractivity contribution in [1.29, 1.82) is 5.26 Å². The van der Waals surface area contributed by atoms with Crippen LogP contribution in [0.4, 0.5) is 0 Å². The Morgan fingerprint density at radius 2 is 2.37 bits per heavy atom. The minimum Gasteiger partial charge on any atom is -0.497 e. The zero-order chi connectivity index (χ0) is 13.8. The molecule has 0 radical (unpaired) electrons. The average Bonchev–Trinajstić information content (AvgIpc) is 2.79. The smallest absolute Gasteiger partial charge is 0.343 e. The number of aromatic nitrogens is 3. The highest BCUT2D eigenvalue weighted by Crippen LogP contribution is 2.31. The summed E-state index contributed by atoms with van der Waals surface area (Å²) in [5.74, 6) is 0.655. The first-order valence-corrected chi connectivity index (χ1v) is 6.42. The lowest BCUT2D eigenvalue weighted by molar-refractivity contribution is 0.413. The second-order valence-electron chi connectivity index (χ2n) is 3.63. The molecule has 0 bridgehead atoms. The molecule has 0 aliphatic rings. The molecule has 19 heavy (non-hydrogen) atoms. The highest BCUT2D eigenvalue weighted by atomic mass is 32.2. The van der Waals surface area contributed by atoms with Gasteiger partial charge >= 0.3 is 5.69 Å². The van der Waals surface area contributed by atoms with E-state index in [1.165, 1.54) is 16.3 Å². The average molecular weight is 276 g/mol. The summed E-state index contributed by atoms with van der Waals surface area (Å²) in [4.78, 5) is 12.2. The van der Waals surface area contributed by atoms with Gasteiger partial charge in [-0.1, -0.05) is 0 Å². The second kappa shape index (κ2) is 5.63. The minimum atomic E-state index is -0.258. The van der Waals surface area contributed by atoms with Gasteiger partial charge in [-0.05, 0) is 36.9 Å². The van der Waals surface area contributed by atoms with Crippen molar-refractivity contribution >= 4 is 11.8 Å². The SMILES string of the molecule is CCn1c(Sc2cc(OC)ccc2C#N)n[nH]c1=O. The predicted octanol–water partition coefficient (Wildman–Crippen LogP) is 1.62. The van der Waals surface area contributed by atoms with Crippen molar-refractivity contribution < 1.29 is 4.74 Å². The molecule has 0 aliphatic heterocycles. The van der Waals surface area contributed by atoms with Crippen LogP contribution in [0.1, 0.15) is 12.5 Å². The van der Waals surface area contributed by atoms with Crippen molar-refractivity contribution in [3.63, 3.8) is 0 Å². The molecule has 0 amide bonds. The van der Waals surface area contributed by atoms with E-state index in [-0.39, 0.29) is 5.69 Å². The third-order valence-electron chi connectivity index (χ3n) is 2.55. The van der Waals surface area contributed by atoms with Crippen molar-refractivity contribution in [1.82, 2.24) is 14.8 Å². The molecule has 2 rings (SSSR count). The first-order valence-electron chi connectivity index (χ1n) is 5.60.